The van der Waals surface area contributed by atoms with E-state index in [0.29, 0.717) is 23.0 Å². The molecule has 0 amide bonds. The number of pyridine rings is 2. The molecule has 0 bridgehead atoms. The second kappa shape index (κ2) is 7.12. The minimum absolute atomic E-state index is 0.520. The van der Waals surface area contributed by atoms with E-state index in [1.165, 1.54) is 0 Å². The standard InChI is InChI=1S/C12H8N5.ClH.Pt/c1-3-7-13-9(5-1)11-15-12(17-16-11)10-6-2-4-8-14-10;;/h1-8H;1H;/q-1;;+2/p-1. The molecule has 0 radical (unpaired) electrons. The predicted octanol–water partition coefficient (Wildman–Crippen LogP) is 2.24. The van der Waals surface area contributed by atoms with Crippen LogP contribution in [0.3, 0.4) is 0 Å². The van der Waals surface area contributed by atoms with Crippen LogP contribution in [0.4, 0.5) is 0 Å². The fourth-order valence-corrected chi connectivity index (χ4v) is 1.45. The summed E-state index contributed by atoms with van der Waals surface area (Å²) < 4.78 is 0. The van der Waals surface area contributed by atoms with Crippen LogP contribution in [0, 0.1) is 0 Å². The van der Waals surface area contributed by atoms with E-state index in [9.17, 15) is 0 Å². The largest absolute Gasteiger partial charge is 0.354 e. The smallest absolute Gasteiger partial charge is 0.0757 e. The molecule has 0 aliphatic heterocycles. The average Bonchev–Trinajstić information content (AvgIpc) is 3.01. The quantitative estimate of drug-likeness (QED) is 0.597. The third-order valence-electron chi connectivity index (χ3n) is 2.24. The zero-order valence-corrected chi connectivity index (χ0v) is 12.6. The summed E-state index contributed by atoms with van der Waals surface area (Å²) in [6, 6.07) is 11.2. The topological polar surface area (TPSA) is 65.7 Å². The molecule has 0 spiro atoms. The van der Waals surface area contributed by atoms with Gasteiger partial charge in [0.15, 0.2) is 0 Å². The molecular weight excluding hydrogens is 445 g/mol. The van der Waals surface area contributed by atoms with Gasteiger partial charge in [0.25, 0.3) is 0 Å². The van der Waals surface area contributed by atoms with Crippen molar-refractivity contribution in [2.24, 2.45) is 0 Å². The van der Waals surface area contributed by atoms with E-state index in [0.717, 1.165) is 0 Å². The Bertz CT molecular complexity index is 560. The fraction of sp³-hybridized carbons (Fsp3) is 0. The molecule has 7 heteroatoms. The molecule has 0 saturated carbocycles. The Kier molecular flexibility index (Phi) is 5.18. The molecule has 3 aromatic rings. The van der Waals surface area contributed by atoms with Gasteiger partial charge in [0.2, 0.25) is 0 Å². The second-order valence-corrected chi connectivity index (χ2v) is 3.39. The van der Waals surface area contributed by atoms with Gasteiger partial charge in [0.05, 0.1) is 11.4 Å². The van der Waals surface area contributed by atoms with Crippen LogP contribution < -0.4 is 4.98 Å². The van der Waals surface area contributed by atoms with Crippen molar-refractivity contribution in [3.05, 3.63) is 48.8 Å². The van der Waals surface area contributed by atoms with Crippen LogP contribution >= 0.6 is 9.42 Å². The summed E-state index contributed by atoms with van der Waals surface area (Å²) in [4.78, 5) is 12.6. The third kappa shape index (κ3) is 3.46. The van der Waals surface area contributed by atoms with Gasteiger partial charge in [-0.1, -0.05) is 12.1 Å². The van der Waals surface area contributed by atoms with Gasteiger partial charge in [-0.3, -0.25) is 9.97 Å². The molecule has 0 fully saturated rings. The summed E-state index contributed by atoms with van der Waals surface area (Å²) in [5, 5.41) is 8.00. The van der Waals surface area contributed by atoms with E-state index in [1.54, 1.807) is 31.2 Å². The van der Waals surface area contributed by atoms with Crippen LogP contribution in [0.5, 0.6) is 0 Å². The molecule has 0 aliphatic rings. The molecule has 19 heavy (non-hydrogen) atoms. The van der Waals surface area contributed by atoms with E-state index in [2.05, 4.69) is 34.6 Å². The molecule has 98 valence electrons. The molecule has 3 heterocycles. The fourth-order valence-electron chi connectivity index (χ4n) is 1.45. The number of rotatable bonds is 2. The Morgan fingerprint density at radius 1 is 0.789 bits per heavy atom. The Labute approximate surface area is 125 Å². The Morgan fingerprint density at radius 3 is 1.63 bits per heavy atom. The first-order valence-electron chi connectivity index (χ1n) is 5.25. The third-order valence-corrected chi connectivity index (χ3v) is 2.24. The summed E-state index contributed by atoms with van der Waals surface area (Å²) in [5.41, 5.74) is 1.42. The molecule has 0 atom stereocenters. The van der Waals surface area contributed by atoms with E-state index in [-0.39, 0.29) is 0 Å². The summed E-state index contributed by atoms with van der Waals surface area (Å²) >= 11 is 1.61. The predicted molar refractivity (Wildman–Crippen MR) is 67.7 cm³/mol. The van der Waals surface area contributed by atoms with Crippen molar-refractivity contribution >= 4 is 9.42 Å². The summed E-state index contributed by atoms with van der Waals surface area (Å²) in [5.74, 6) is 1.04. The Balaban J connectivity index is 0.000000637. The zero-order chi connectivity index (χ0) is 13.5. The maximum atomic E-state index is 4.61. The number of hydrogen-bond donors (Lipinski definition) is 0. The maximum absolute atomic E-state index is 4.61. The molecule has 0 aliphatic carbocycles. The molecule has 3 aromatic heterocycles. The van der Waals surface area contributed by atoms with Gasteiger partial charge >= 0.3 is 28.2 Å². The van der Waals surface area contributed by atoms with Crippen molar-refractivity contribution in [3.63, 3.8) is 0 Å². The first kappa shape index (κ1) is 13.8. The monoisotopic (exact) mass is 452 g/mol. The van der Waals surface area contributed by atoms with Crippen molar-refractivity contribution < 1.29 is 18.8 Å². The van der Waals surface area contributed by atoms with Crippen LogP contribution in [-0.2, 0) is 18.8 Å². The molecule has 5 nitrogen and oxygen atoms in total. The minimum Gasteiger partial charge on any atom is -0.354 e. The molecule has 3 rings (SSSR count). The van der Waals surface area contributed by atoms with Crippen molar-refractivity contribution in [1.82, 2.24) is 25.1 Å². The van der Waals surface area contributed by atoms with Gasteiger partial charge in [-0.15, -0.1) is 0 Å². The molecule has 0 aromatic carbocycles. The maximum Gasteiger partial charge on any atom is 0.0757 e. The van der Waals surface area contributed by atoms with Crippen LogP contribution in [0.1, 0.15) is 0 Å². The normalized spacial score (nSPS) is 9.63. The van der Waals surface area contributed by atoms with E-state index < -0.39 is 0 Å². The molecule has 0 unspecified atom stereocenters. The van der Waals surface area contributed by atoms with Crippen molar-refractivity contribution in [2.75, 3.05) is 0 Å². The summed E-state index contributed by atoms with van der Waals surface area (Å²) in [7, 11) is 4.61. The average molecular weight is 453 g/mol. The first-order valence-corrected chi connectivity index (χ1v) is 8.07. The van der Waals surface area contributed by atoms with Crippen LogP contribution in [0.15, 0.2) is 48.8 Å². The Morgan fingerprint density at radius 2 is 1.26 bits per heavy atom. The van der Waals surface area contributed by atoms with Crippen LogP contribution in [0.2, 0.25) is 0 Å². The summed E-state index contributed by atoms with van der Waals surface area (Å²) in [6.45, 7) is 0. The number of aromatic nitrogens is 5. The van der Waals surface area contributed by atoms with Gasteiger partial charge in [-0.25, -0.2) is 0 Å². The number of halogens is 1. The first-order chi connectivity index (χ1) is 9.43. The van der Waals surface area contributed by atoms with Gasteiger partial charge in [-0.2, -0.15) is 0 Å². The van der Waals surface area contributed by atoms with E-state index >= 15 is 0 Å². The number of hydrogen-bond acceptors (Lipinski definition) is 4. The van der Waals surface area contributed by atoms with Gasteiger partial charge in [-0.05, 0) is 24.3 Å². The van der Waals surface area contributed by atoms with Crippen molar-refractivity contribution in [3.8, 4) is 23.0 Å². The number of nitrogens with zero attached hydrogens (tertiary/aromatic N) is 5. The van der Waals surface area contributed by atoms with E-state index in [4.69, 9.17) is 0 Å². The van der Waals surface area contributed by atoms with Crippen molar-refractivity contribution in [2.45, 2.75) is 0 Å². The molecular formula is C12H8ClN5Pt. The summed E-state index contributed by atoms with van der Waals surface area (Å²) in [6.07, 6.45) is 3.40. The Hall–Kier alpha value is -1.58. The molecule has 0 saturated heterocycles. The van der Waals surface area contributed by atoms with E-state index in [1.807, 2.05) is 36.4 Å². The SMILES string of the molecule is [Cl][Pt+].c1ccc(-c2nnc(-c3ccccn3)[n-]2)nc1. The van der Waals surface area contributed by atoms with Gasteiger partial charge in [0.1, 0.15) is 0 Å². The van der Waals surface area contributed by atoms with Crippen LogP contribution in [0.25, 0.3) is 23.0 Å². The minimum atomic E-state index is 0.520. The second-order valence-electron chi connectivity index (χ2n) is 3.39. The zero-order valence-electron chi connectivity index (χ0n) is 9.55. The molecule has 0 N–H and O–H groups in total. The van der Waals surface area contributed by atoms with Crippen molar-refractivity contribution in [1.29, 1.82) is 0 Å². The van der Waals surface area contributed by atoms with Crippen LogP contribution in [-0.4, -0.2) is 20.2 Å². The van der Waals surface area contributed by atoms with Gasteiger partial charge in [0, 0.05) is 24.0 Å². The van der Waals surface area contributed by atoms with Gasteiger partial charge < -0.3 is 15.2 Å².